The van der Waals surface area contributed by atoms with E-state index in [1.807, 2.05) is 32.0 Å². The van der Waals surface area contributed by atoms with Gasteiger partial charge in [-0.15, -0.1) is 0 Å². The van der Waals surface area contributed by atoms with Gasteiger partial charge in [-0.05, 0) is 68.8 Å². The van der Waals surface area contributed by atoms with E-state index in [9.17, 15) is 9.59 Å². The summed E-state index contributed by atoms with van der Waals surface area (Å²) >= 11 is 3.32. The van der Waals surface area contributed by atoms with Gasteiger partial charge in [-0.25, -0.2) is 5.43 Å². The second-order valence-electron chi connectivity index (χ2n) is 6.66. The molecule has 3 rings (SSSR count). The third-order valence-electron chi connectivity index (χ3n) is 4.41. The van der Waals surface area contributed by atoms with Crippen LogP contribution in [0.1, 0.15) is 22.5 Å². The van der Waals surface area contributed by atoms with E-state index in [-0.39, 0.29) is 0 Å². The normalized spacial score (nSPS) is 10.9. The van der Waals surface area contributed by atoms with Crippen LogP contribution in [0.25, 0.3) is 5.69 Å². The molecule has 2 amide bonds. The molecule has 1 heterocycles. The van der Waals surface area contributed by atoms with Crippen LogP contribution in [-0.4, -0.2) is 22.6 Å². The van der Waals surface area contributed by atoms with E-state index >= 15 is 0 Å². The van der Waals surface area contributed by atoms with E-state index in [4.69, 9.17) is 0 Å². The molecule has 0 atom stereocenters. The number of benzene rings is 2. The second-order valence-corrected chi connectivity index (χ2v) is 7.58. The minimum absolute atomic E-state index is 0.527. The number of hydrogen-bond acceptors (Lipinski definition) is 3. The maximum Gasteiger partial charge on any atom is 0.329 e. The van der Waals surface area contributed by atoms with Crippen LogP contribution in [0.4, 0.5) is 5.69 Å². The molecular weight excluding hydrogens is 432 g/mol. The molecule has 0 saturated heterocycles. The summed E-state index contributed by atoms with van der Waals surface area (Å²) in [6.45, 7) is 6.05. The average Bonchev–Trinajstić information content (AvgIpc) is 2.97. The molecule has 3 aromatic rings. The minimum atomic E-state index is -0.836. The number of hydrogen-bond donors (Lipinski definition) is 2. The Labute approximate surface area is 177 Å². The Morgan fingerprint density at radius 3 is 2.41 bits per heavy atom. The number of halogens is 1. The number of nitrogens with zero attached hydrogens (tertiary/aromatic N) is 2. The molecule has 0 aliphatic carbocycles. The minimum Gasteiger partial charge on any atom is -0.318 e. The molecule has 29 heavy (non-hydrogen) atoms. The van der Waals surface area contributed by atoms with Crippen LogP contribution in [0.5, 0.6) is 0 Å². The summed E-state index contributed by atoms with van der Waals surface area (Å²) < 4.78 is 3.00. The molecule has 0 radical (unpaired) electrons. The van der Waals surface area contributed by atoms with Gasteiger partial charge in [-0.3, -0.25) is 9.59 Å². The number of amides is 2. The van der Waals surface area contributed by atoms with Crippen LogP contribution >= 0.6 is 15.9 Å². The summed E-state index contributed by atoms with van der Waals surface area (Å²) in [5.41, 5.74) is 7.94. The topological polar surface area (TPSA) is 75.5 Å². The first-order chi connectivity index (χ1) is 13.8. The molecule has 1 aromatic heterocycles. The number of rotatable bonds is 4. The molecule has 2 N–H and O–H groups in total. The van der Waals surface area contributed by atoms with Crippen molar-refractivity contribution in [3.8, 4) is 5.69 Å². The lowest BCUT2D eigenvalue weighted by Gasteiger charge is -2.10. The number of aryl methyl sites for hydroxylation is 2. The highest BCUT2D eigenvalue weighted by Crippen LogP contribution is 2.20. The zero-order chi connectivity index (χ0) is 21.0. The van der Waals surface area contributed by atoms with Gasteiger partial charge in [0.05, 0.1) is 6.21 Å². The van der Waals surface area contributed by atoms with Gasteiger partial charge in [-0.1, -0.05) is 28.1 Å². The summed E-state index contributed by atoms with van der Waals surface area (Å²) in [5.74, 6) is -1.62. The van der Waals surface area contributed by atoms with Crippen molar-refractivity contribution in [2.45, 2.75) is 20.8 Å². The Morgan fingerprint density at radius 2 is 1.72 bits per heavy atom. The van der Waals surface area contributed by atoms with Crippen molar-refractivity contribution in [2.24, 2.45) is 5.10 Å². The molecule has 6 nitrogen and oxygen atoms in total. The number of anilines is 1. The zero-order valence-corrected chi connectivity index (χ0v) is 17.9. The molecule has 0 aliphatic heterocycles. The summed E-state index contributed by atoms with van der Waals surface area (Å²) in [6.07, 6.45) is 1.54. The van der Waals surface area contributed by atoms with Gasteiger partial charge in [0.25, 0.3) is 0 Å². The fraction of sp³-hybridized carbons (Fsp3) is 0.136. The smallest absolute Gasteiger partial charge is 0.318 e. The molecule has 148 valence electrons. The molecule has 0 spiro atoms. The Balaban J connectivity index is 1.67. The number of carbonyl (C=O) groups excluding carboxylic acids is 2. The SMILES string of the molecule is Cc1cccc(-n2c(C)cc(/C=N\NC(=O)C(=O)Nc3ccc(Br)cc3)c2C)c1. The van der Waals surface area contributed by atoms with Gasteiger partial charge in [0.2, 0.25) is 0 Å². The Bertz CT molecular complexity index is 1080. The van der Waals surface area contributed by atoms with Crippen molar-refractivity contribution < 1.29 is 9.59 Å². The van der Waals surface area contributed by atoms with Gasteiger partial charge in [0.15, 0.2) is 0 Å². The molecule has 0 bridgehead atoms. The Morgan fingerprint density at radius 1 is 1.00 bits per heavy atom. The van der Waals surface area contributed by atoms with E-state index in [0.717, 1.165) is 27.1 Å². The molecule has 2 aromatic carbocycles. The molecular formula is C22H21BrN4O2. The summed E-state index contributed by atoms with van der Waals surface area (Å²) in [6, 6.07) is 17.1. The third-order valence-corrected chi connectivity index (χ3v) is 4.94. The maximum atomic E-state index is 12.0. The van der Waals surface area contributed by atoms with Gasteiger partial charge < -0.3 is 9.88 Å². The van der Waals surface area contributed by atoms with Crippen LogP contribution in [0.15, 0.2) is 64.2 Å². The highest BCUT2D eigenvalue weighted by Gasteiger charge is 2.13. The maximum absolute atomic E-state index is 12.0. The lowest BCUT2D eigenvalue weighted by molar-refractivity contribution is -0.136. The van der Waals surface area contributed by atoms with Gasteiger partial charge in [0.1, 0.15) is 0 Å². The third kappa shape index (κ3) is 5.00. The highest BCUT2D eigenvalue weighted by molar-refractivity contribution is 9.10. The first-order valence-corrected chi connectivity index (χ1v) is 9.80. The van der Waals surface area contributed by atoms with Crippen molar-refractivity contribution in [1.82, 2.24) is 9.99 Å². The Hall–Kier alpha value is -3.19. The number of aromatic nitrogens is 1. The number of carbonyl (C=O) groups is 2. The van der Waals surface area contributed by atoms with Crippen LogP contribution in [0, 0.1) is 20.8 Å². The zero-order valence-electron chi connectivity index (χ0n) is 16.4. The molecule has 0 unspecified atom stereocenters. The van der Waals surface area contributed by atoms with Crippen molar-refractivity contribution in [1.29, 1.82) is 0 Å². The van der Waals surface area contributed by atoms with Crippen molar-refractivity contribution >= 4 is 39.6 Å². The lowest BCUT2D eigenvalue weighted by Crippen LogP contribution is -2.32. The monoisotopic (exact) mass is 452 g/mol. The largest absolute Gasteiger partial charge is 0.329 e. The first kappa shape index (κ1) is 20.5. The number of hydrazone groups is 1. The van der Waals surface area contributed by atoms with Crippen LogP contribution < -0.4 is 10.7 Å². The molecule has 0 saturated carbocycles. The molecule has 0 fully saturated rings. The van der Waals surface area contributed by atoms with Crippen molar-refractivity contribution in [3.63, 3.8) is 0 Å². The van der Waals surface area contributed by atoms with E-state index in [1.54, 1.807) is 30.5 Å². The average molecular weight is 453 g/mol. The fourth-order valence-electron chi connectivity index (χ4n) is 3.01. The van der Waals surface area contributed by atoms with Crippen LogP contribution in [-0.2, 0) is 9.59 Å². The summed E-state index contributed by atoms with van der Waals surface area (Å²) in [5, 5.41) is 6.46. The predicted octanol–water partition coefficient (Wildman–Crippen LogP) is 4.25. The van der Waals surface area contributed by atoms with Crippen LogP contribution in [0.2, 0.25) is 0 Å². The van der Waals surface area contributed by atoms with E-state index in [0.29, 0.717) is 5.69 Å². The molecule has 7 heteroatoms. The first-order valence-electron chi connectivity index (χ1n) is 9.01. The predicted molar refractivity (Wildman–Crippen MR) is 118 cm³/mol. The fourth-order valence-corrected chi connectivity index (χ4v) is 3.28. The highest BCUT2D eigenvalue weighted by atomic mass is 79.9. The second kappa shape index (κ2) is 8.87. The van der Waals surface area contributed by atoms with Gasteiger partial charge in [0, 0.05) is 32.8 Å². The van der Waals surface area contributed by atoms with E-state index in [1.165, 1.54) is 5.56 Å². The van der Waals surface area contributed by atoms with Gasteiger partial charge >= 0.3 is 11.8 Å². The number of nitrogens with one attached hydrogen (secondary N) is 2. The van der Waals surface area contributed by atoms with Crippen molar-refractivity contribution in [3.05, 3.63) is 81.6 Å². The van der Waals surface area contributed by atoms with Gasteiger partial charge in [-0.2, -0.15) is 5.10 Å². The van der Waals surface area contributed by atoms with Crippen molar-refractivity contribution in [2.75, 3.05) is 5.32 Å². The van der Waals surface area contributed by atoms with E-state index in [2.05, 4.69) is 55.4 Å². The standard InChI is InChI=1S/C22H21BrN4O2/c1-14-5-4-6-20(11-14)27-15(2)12-17(16(27)3)13-24-26-22(29)21(28)25-19-9-7-18(23)8-10-19/h4-13H,1-3H3,(H,25,28)(H,26,29)/b24-13-. The summed E-state index contributed by atoms with van der Waals surface area (Å²) in [4.78, 5) is 23.9. The Kier molecular flexibility index (Phi) is 6.29. The lowest BCUT2D eigenvalue weighted by atomic mass is 10.2. The van der Waals surface area contributed by atoms with Crippen LogP contribution in [0.3, 0.4) is 0 Å². The van der Waals surface area contributed by atoms with E-state index < -0.39 is 11.8 Å². The quantitative estimate of drug-likeness (QED) is 0.352. The summed E-state index contributed by atoms with van der Waals surface area (Å²) in [7, 11) is 0. The molecule has 0 aliphatic rings.